The van der Waals surface area contributed by atoms with E-state index in [0.717, 1.165) is 19.0 Å². The van der Waals surface area contributed by atoms with Crippen molar-refractivity contribution in [2.75, 3.05) is 13.6 Å². The highest BCUT2D eigenvalue weighted by molar-refractivity contribution is 7.89. The topological polar surface area (TPSA) is 58.2 Å². The minimum absolute atomic E-state index is 0.193. The fourth-order valence-electron chi connectivity index (χ4n) is 1.45. The van der Waals surface area contributed by atoms with Gasteiger partial charge in [0.1, 0.15) is 10.7 Å². The molecule has 0 saturated carbocycles. The molecule has 0 radical (unpaired) electrons. The fraction of sp³-hybridized carbons (Fsp3) is 0.455. The number of hydrogen-bond acceptors (Lipinski definition) is 3. The molecule has 102 valence electrons. The highest BCUT2D eigenvalue weighted by atomic mass is 35.5. The van der Waals surface area contributed by atoms with Gasteiger partial charge in [-0.2, -0.15) is 0 Å². The SMILES string of the molecule is CCCNCc1cc(Cl)cc(S(=O)(=O)NC)c1F. The molecule has 1 rings (SSSR count). The molecule has 2 N–H and O–H groups in total. The highest BCUT2D eigenvalue weighted by Gasteiger charge is 2.20. The third kappa shape index (κ3) is 3.65. The second-order valence-electron chi connectivity index (χ2n) is 3.76. The Hall–Kier alpha value is -0.690. The predicted octanol–water partition coefficient (Wildman–Crippen LogP) is 1.89. The lowest BCUT2D eigenvalue weighted by atomic mass is 10.2. The lowest BCUT2D eigenvalue weighted by molar-refractivity contribution is 0.544. The van der Waals surface area contributed by atoms with Crippen LogP contribution in [0.2, 0.25) is 5.02 Å². The van der Waals surface area contributed by atoms with E-state index in [4.69, 9.17) is 11.6 Å². The maximum Gasteiger partial charge on any atom is 0.243 e. The third-order valence-corrected chi connectivity index (χ3v) is 4.01. The van der Waals surface area contributed by atoms with Crippen molar-refractivity contribution in [1.29, 1.82) is 0 Å². The van der Waals surface area contributed by atoms with Gasteiger partial charge in [0.05, 0.1) is 0 Å². The van der Waals surface area contributed by atoms with Crippen molar-refractivity contribution >= 4 is 21.6 Å². The first-order valence-corrected chi connectivity index (χ1v) is 7.40. The maximum absolute atomic E-state index is 14.0. The van der Waals surface area contributed by atoms with Crippen LogP contribution in [-0.4, -0.2) is 22.0 Å². The van der Waals surface area contributed by atoms with Gasteiger partial charge in [-0.1, -0.05) is 18.5 Å². The summed E-state index contributed by atoms with van der Waals surface area (Å²) < 4.78 is 39.4. The van der Waals surface area contributed by atoms with E-state index in [1.165, 1.54) is 13.1 Å². The molecule has 0 atom stereocenters. The standard InChI is InChI=1S/C11H16ClFN2O2S/c1-3-4-15-7-8-5-9(12)6-10(11(8)13)18(16,17)14-2/h5-6,14-15H,3-4,7H2,1-2H3. The van der Waals surface area contributed by atoms with Crippen LogP contribution in [0.1, 0.15) is 18.9 Å². The van der Waals surface area contributed by atoms with Gasteiger partial charge < -0.3 is 5.32 Å². The number of benzene rings is 1. The van der Waals surface area contributed by atoms with Crippen molar-refractivity contribution in [3.63, 3.8) is 0 Å². The van der Waals surface area contributed by atoms with Crippen LogP contribution in [0.5, 0.6) is 0 Å². The van der Waals surface area contributed by atoms with Crippen molar-refractivity contribution in [2.24, 2.45) is 0 Å². The molecular weight excluding hydrogens is 279 g/mol. The van der Waals surface area contributed by atoms with Crippen LogP contribution in [0.15, 0.2) is 17.0 Å². The van der Waals surface area contributed by atoms with Gasteiger partial charge in [-0.3, -0.25) is 0 Å². The van der Waals surface area contributed by atoms with E-state index in [0.29, 0.717) is 0 Å². The van der Waals surface area contributed by atoms with Gasteiger partial charge in [0.15, 0.2) is 0 Å². The first kappa shape index (κ1) is 15.4. The van der Waals surface area contributed by atoms with Gasteiger partial charge in [0.25, 0.3) is 0 Å². The minimum atomic E-state index is -3.84. The van der Waals surface area contributed by atoms with Crippen LogP contribution in [0.4, 0.5) is 4.39 Å². The number of sulfonamides is 1. The normalized spacial score (nSPS) is 11.8. The minimum Gasteiger partial charge on any atom is -0.313 e. The largest absolute Gasteiger partial charge is 0.313 e. The average Bonchev–Trinajstić information content (AvgIpc) is 2.33. The highest BCUT2D eigenvalue weighted by Crippen LogP contribution is 2.23. The summed E-state index contributed by atoms with van der Waals surface area (Å²) in [6.07, 6.45) is 0.907. The van der Waals surface area contributed by atoms with Gasteiger partial charge >= 0.3 is 0 Å². The van der Waals surface area contributed by atoms with Crippen molar-refractivity contribution in [3.8, 4) is 0 Å². The van der Waals surface area contributed by atoms with Crippen LogP contribution < -0.4 is 10.0 Å². The Labute approximate surface area is 112 Å². The van der Waals surface area contributed by atoms with Gasteiger partial charge in [-0.25, -0.2) is 17.5 Å². The van der Waals surface area contributed by atoms with E-state index in [-0.39, 0.29) is 17.1 Å². The molecule has 0 bridgehead atoms. The summed E-state index contributed by atoms with van der Waals surface area (Å²) in [4.78, 5) is -0.425. The number of nitrogens with one attached hydrogen (secondary N) is 2. The van der Waals surface area contributed by atoms with Crippen LogP contribution in [0, 0.1) is 5.82 Å². The number of hydrogen-bond donors (Lipinski definition) is 2. The van der Waals surface area contributed by atoms with Gasteiger partial charge in [0.2, 0.25) is 10.0 Å². The molecule has 0 amide bonds. The summed E-state index contributed by atoms with van der Waals surface area (Å²) in [6, 6.07) is 2.53. The van der Waals surface area contributed by atoms with Crippen LogP contribution in [-0.2, 0) is 16.6 Å². The molecule has 0 saturated heterocycles. The third-order valence-electron chi connectivity index (χ3n) is 2.38. The molecule has 0 aliphatic rings. The molecule has 0 aromatic heterocycles. The Morgan fingerprint density at radius 1 is 1.39 bits per heavy atom. The van der Waals surface area contributed by atoms with E-state index in [1.807, 2.05) is 6.92 Å². The first-order valence-electron chi connectivity index (χ1n) is 5.54. The summed E-state index contributed by atoms with van der Waals surface area (Å²) in [5.74, 6) is -0.766. The smallest absolute Gasteiger partial charge is 0.243 e. The first-order chi connectivity index (χ1) is 8.42. The van der Waals surface area contributed by atoms with Crippen molar-refractivity contribution in [1.82, 2.24) is 10.0 Å². The summed E-state index contributed by atoms with van der Waals surface area (Å²) in [5, 5.41) is 3.20. The molecule has 4 nitrogen and oxygen atoms in total. The molecule has 0 fully saturated rings. The summed E-state index contributed by atoms with van der Waals surface area (Å²) in [5.41, 5.74) is 0.241. The second-order valence-corrected chi connectivity index (χ2v) is 6.05. The number of rotatable bonds is 6. The van der Waals surface area contributed by atoms with Crippen molar-refractivity contribution in [2.45, 2.75) is 24.8 Å². The van der Waals surface area contributed by atoms with E-state index < -0.39 is 20.7 Å². The predicted molar refractivity (Wildman–Crippen MR) is 69.7 cm³/mol. The zero-order valence-corrected chi connectivity index (χ0v) is 11.8. The maximum atomic E-state index is 14.0. The van der Waals surface area contributed by atoms with Crippen LogP contribution in [0.3, 0.4) is 0 Å². The van der Waals surface area contributed by atoms with E-state index in [2.05, 4.69) is 10.0 Å². The fourth-order valence-corrected chi connectivity index (χ4v) is 2.63. The molecule has 0 unspecified atom stereocenters. The zero-order chi connectivity index (χ0) is 13.8. The van der Waals surface area contributed by atoms with Gasteiger partial charge in [0, 0.05) is 17.1 Å². The molecule has 0 heterocycles. The Morgan fingerprint density at radius 2 is 2.06 bits per heavy atom. The molecule has 7 heteroatoms. The molecule has 1 aromatic rings. The summed E-state index contributed by atoms with van der Waals surface area (Å²) in [7, 11) is -2.61. The van der Waals surface area contributed by atoms with E-state index in [9.17, 15) is 12.8 Å². The molecule has 0 aliphatic heterocycles. The van der Waals surface area contributed by atoms with E-state index >= 15 is 0 Å². The van der Waals surface area contributed by atoms with Crippen molar-refractivity contribution < 1.29 is 12.8 Å². The Kier molecular flexibility index (Phi) is 5.52. The molecule has 18 heavy (non-hydrogen) atoms. The van der Waals surface area contributed by atoms with Gasteiger partial charge in [-0.05, 0) is 32.1 Å². The molecule has 1 aromatic carbocycles. The van der Waals surface area contributed by atoms with Crippen LogP contribution >= 0.6 is 11.6 Å². The lowest BCUT2D eigenvalue weighted by Crippen LogP contribution is -2.22. The average molecular weight is 295 g/mol. The summed E-state index contributed by atoms with van der Waals surface area (Å²) in [6.45, 7) is 2.95. The lowest BCUT2D eigenvalue weighted by Gasteiger charge is -2.10. The number of halogens is 2. The van der Waals surface area contributed by atoms with Gasteiger partial charge in [-0.15, -0.1) is 0 Å². The zero-order valence-electron chi connectivity index (χ0n) is 10.3. The quantitative estimate of drug-likeness (QED) is 0.788. The van der Waals surface area contributed by atoms with Crippen molar-refractivity contribution in [3.05, 3.63) is 28.5 Å². The Morgan fingerprint density at radius 3 is 2.61 bits per heavy atom. The van der Waals surface area contributed by atoms with Crippen LogP contribution in [0.25, 0.3) is 0 Å². The summed E-state index contributed by atoms with van der Waals surface area (Å²) >= 11 is 5.81. The second kappa shape index (κ2) is 6.47. The molecule has 0 spiro atoms. The Balaban J connectivity index is 3.15. The van der Waals surface area contributed by atoms with E-state index in [1.54, 1.807) is 0 Å². The Bertz CT molecular complexity index is 520. The monoisotopic (exact) mass is 294 g/mol. The molecule has 0 aliphatic carbocycles. The molecular formula is C11H16ClFN2O2S.